The van der Waals surface area contributed by atoms with E-state index in [-0.39, 0.29) is 18.1 Å². The summed E-state index contributed by atoms with van der Waals surface area (Å²) in [4.78, 5) is 22.3. The number of carbonyl (C=O) groups excluding carboxylic acids is 1. The molecular weight excluding hydrogens is 444 g/mol. The number of anilines is 1. The number of phenolic OH excluding ortho intramolecular Hbond substituents is 1. The van der Waals surface area contributed by atoms with Crippen molar-refractivity contribution < 1.29 is 9.90 Å². The van der Waals surface area contributed by atoms with Gasteiger partial charge in [0.1, 0.15) is 10.8 Å². The topological polar surface area (TPSA) is 68.7 Å². The summed E-state index contributed by atoms with van der Waals surface area (Å²) >= 11 is 1.57. The zero-order valence-corrected chi connectivity index (χ0v) is 20.0. The minimum Gasteiger partial charge on any atom is -0.507 e. The number of rotatable bonds is 6. The Bertz CT molecular complexity index is 1310. The van der Waals surface area contributed by atoms with Gasteiger partial charge >= 0.3 is 0 Å². The molecule has 2 heterocycles. The Morgan fingerprint density at radius 2 is 1.79 bits per heavy atom. The van der Waals surface area contributed by atoms with Crippen LogP contribution < -0.4 is 5.32 Å². The molecule has 0 spiro atoms. The number of nitrogens with one attached hydrogen (secondary N) is 1. The molecule has 3 aromatic carbocycles. The molecule has 4 aromatic rings. The molecule has 0 bridgehead atoms. The van der Waals surface area contributed by atoms with Gasteiger partial charge in [0.15, 0.2) is 0 Å². The summed E-state index contributed by atoms with van der Waals surface area (Å²) in [7, 11) is 2.17. The molecule has 5 rings (SSSR count). The molecule has 0 saturated carbocycles. The maximum atomic E-state index is 12.7. The molecule has 1 aliphatic rings. The third-order valence-corrected chi connectivity index (χ3v) is 7.18. The van der Waals surface area contributed by atoms with Gasteiger partial charge in [-0.15, -0.1) is 11.3 Å². The lowest BCUT2D eigenvalue weighted by Gasteiger charge is -2.32. The van der Waals surface area contributed by atoms with E-state index < -0.39 is 0 Å². The Labute approximate surface area is 203 Å². The molecule has 0 aliphatic carbocycles. The SMILES string of the molecule is CN1CCN(Cc2cccc(-c3nc(CC(=O)Nc4cccc5c(O)cccc45)cs3)c2)CC1. The van der Waals surface area contributed by atoms with Crippen molar-refractivity contribution in [2.75, 3.05) is 38.5 Å². The van der Waals surface area contributed by atoms with Crippen molar-refractivity contribution in [3.63, 3.8) is 0 Å². The molecule has 6 nitrogen and oxygen atoms in total. The van der Waals surface area contributed by atoms with Crippen LogP contribution in [-0.2, 0) is 17.8 Å². The normalized spacial score (nSPS) is 15.0. The van der Waals surface area contributed by atoms with Crippen LogP contribution in [0.3, 0.4) is 0 Å². The van der Waals surface area contributed by atoms with Gasteiger partial charge in [-0.2, -0.15) is 0 Å². The van der Waals surface area contributed by atoms with E-state index in [4.69, 9.17) is 4.98 Å². The molecule has 0 unspecified atom stereocenters. The number of aromatic hydroxyl groups is 1. The predicted molar refractivity (Wildman–Crippen MR) is 138 cm³/mol. The van der Waals surface area contributed by atoms with E-state index in [0.717, 1.165) is 54.4 Å². The Kier molecular flexibility index (Phi) is 6.58. The number of likely N-dealkylation sites (N-methyl/N-ethyl adjacent to an activating group) is 1. The number of hydrogen-bond donors (Lipinski definition) is 2. The lowest BCUT2D eigenvalue weighted by Crippen LogP contribution is -2.43. The van der Waals surface area contributed by atoms with Gasteiger partial charge in [0.05, 0.1) is 12.1 Å². The van der Waals surface area contributed by atoms with Crippen molar-refractivity contribution in [3.8, 4) is 16.3 Å². The Morgan fingerprint density at radius 3 is 2.65 bits per heavy atom. The van der Waals surface area contributed by atoms with E-state index in [0.29, 0.717) is 11.1 Å². The van der Waals surface area contributed by atoms with E-state index in [1.807, 2.05) is 29.6 Å². The zero-order valence-electron chi connectivity index (χ0n) is 19.2. The molecule has 0 radical (unpaired) electrons. The first-order chi connectivity index (χ1) is 16.5. The zero-order chi connectivity index (χ0) is 23.5. The van der Waals surface area contributed by atoms with Gasteiger partial charge in [-0.05, 0) is 30.8 Å². The molecule has 0 atom stereocenters. The van der Waals surface area contributed by atoms with Crippen molar-refractivity contribution in [2.45, 2.75) is 13.0 Å². The first kappa shape index (κ1) is 22.5. The summed E-state index contributed by atoms with van der Waals surface area (Å²) < 4.78 is 0. The van der Waals surface area contributed by atoms with Gasteiger partial charge in [0.2, 0.25) is 5.91 Å². The van der Waals surface area contributed by atoms with E-state index in [1.165, 1.54) is 5.56 Å². The third-order valence-electron chi connectivity index (χ3n) is 6.24. The Morgan fingerprint density at radius 1 is 1.03 bits per heavy atom. The molecular formula is C27H28N4O2S. The average Bonchev–Trinajstić information content (AvgIpc) is 3.30. The first-order valence-corrected chi connectivity index (χ1v) is 12.4. The van der Waals surface area contributed by atoms with Crippen LogP contribution in [0.15, 0.2) is 66.0 Å². The lowest BCUT2D eigenvalue weighted by atomic mass is 10.1. The molecule has 174 valence electrons. The number of thiazole rings is 1. The van der Waals surface area contributed by atoms with Crippen molar-refractivity contribution in [1.29, 1.82) is 0 Å². The highest BCUT2D eigenvalue weighted by atomic mass is 32.1. The highest BCUT2D eigenvalue weighted by Crippen LogP contribution is 2.30. The van der Waals surface area contributed by atoms with E-state index in [2.05, 4.69) is 46.4 Å². The number of fused-ring (bicyclic) bond motifs is 1. The smallest absolute Gasteiger partial charge is 0.230 e. The summed E-state index contributed by atoms with van der Waals surface area (Å²) in [5.74, 6) is 0.0732. The average molecular weight is 473 g/mol. The number of piperazine rings is 1. The molecule has 1 fully saturated rings. The maximum absolute atomic E-state index is 12.7. The second-order valence-corrected chi connectivity index (χ2v) is 9.68. The molecule has 2 N–H and O–H groups in total. The fourth-order valence-electron chi connectivity index (χ4n) is 4.35. The minimum absolute atomic E-state index is 0.128. The summed E-state index contributed by atoms with van der Waals surface area (Å²) in [5, 5.41) is 17.5. The summed E-state index contributed by atoms with van der Waals surface area (Å²) in [5.41, 5.74) is 3.82. The second kappa shape index (κ2) is 9.93. The number of amides is 1. The van der Waals surface area contributed by atoms with Crippen LogP contribution in [0.4, 0.5) is 5.69 Å². The van der Waals surface area contributed by atoms with Crippen LogP contribution in [-0.4, -0.2) is 59.0 Å². The van der Waals surface area contributed by atoms with Crippen LogP contribution in [0.2, 0.25) is 0 Å². The highest BCUT2D eigenvalue weighted by Gasteiger charge is 2.15. The van der Waals surface area contributed by atoms with Gasteiger partial charge < -0.3 is 15.3 Å². The van der Waals surface area contributed by atoms with E-state index in [9.17, 15) is 9.90 Å². The molecule has 1 amide bonds. The van der Waals surface area contributed by atoms with Gasteiger partial charge in [-0.25, -0.2) is 4.98 Å². The summed E-state index contributed by atoms with van der Waals surface area (Å²) in [6.07, 6.45) is 0.201. The predicted octanol–water partition coefficient (Wildman–Crippen LogP) is 4.60. The Balaban J connectivity index is 1.25. The van der Waals surface area contributed by atoms with Crippen LogP contribution in [0, 0.1) is 0 Å². The maximum Gasteiger partial charge on any atom is 0.230 e. The quantitative estimate of drug-likeness (QED) is 0.429. The highest BCUT2D eigenvalue weighted by molar-refractivity contribution is 7.13. The van der Waals surface area contributed by atoms with Crippen LogP contribution in [0.5, 0.6) is 5.75 Å². The monoisotopic (exact) mass is 472 g/mol. The lowest BCUT2D eigenvalue weighted by molar-refractivity contribution is -0.115. The molecule has 1 aliphatic heterocycles. The second-order valence-electron chi connectivity index (χ2n) is 8.83. The van der Waals surface area contributed by atoms with Crippen molar-refractivity contribution in [2.24, 2.45) is 0 Å². The van der Waals surface area contributed by atoms with Crippen LogP contribution >= 0.6 is 11.3 Å². The van der Waals surface area contributed by atoms with Crippen molar-refractivity contribution in [1.82, 2.24) is 14.8 Å². The van der Waals surface area contributed by atoms with Gasteiger partial charge in [0, 0.05) is 60.1 Å². The largest absolute Gasteiger partial charge is 0.507 e. The molecule has 34 heavy (non-hydrogen) atoms. The number of carbonyl (C=O) groups is 1. The van der Waals surface area contributed by atoms with E-state index in [1.54, 1.807) is 23.5 Å². The standard InChI is InChI=1S/C27H28N4O2S/c1-30-11-13-31(14-12-30)17-19-5-2-6-20(15-19)27-28-21(18-34-27)16-26(33)29-24-9-3-8-23-22(24)7-4-10-25(23)32/h2-10,15,18,32H,11-14,16-17H2,1H3,(H,29,33). The molecule has 7 heteroatoms. The van der Waals surface area contributed by atoms with Gasteiger partial charge in [0.25, 0.3) is 0 Å². The molecule has 1 saturated heterocycles. The fraction of sp³-hybridized carbons (Fsp3) is 0.259. The number of benzene rings is 3. The number of aromatic nitrogens is 1. The fourth-order valence-corrected chi connectivity index (χ4v) is 5.17. The van der Waals surface area contributed by atoms with Gasteiger partial charge in [-0.3, -0.25) is 9.69 Å². The number of hydrogen-bond acceptors (Lipinski definition) is 6. The van der Waals surface area contributed by atoms with Gasteiger partial charge in [-0.1, -0.05) is 42.5 Å². The molecule has 1 aromatic heterocycles. The Hall–Kier alpha value is -3.26. The summed E-state index contributed by atoms with van der Waals surface area (Å²) in [6, 6.07) is 19.4. The summed E-state index contributed by atoms with van der Waals surface area (Å²) in [6.45, 7) is 5.35. The van der Waals surface area contributed by atoms with Crippen LogP contribution in [0.1, 0.15) is 11.3 Å². The van der Waals surface area contributed by atoms with Crippen LogP contribution in [0.25, 0.3) is 21.3 Å². The first-order valence-electron chi connectivity index (χ1n) is 11.5. The van der Waals surface area contributed by atoms with Crippen molar-refractivity contribution >= 4 is 33.7 Å². The number of nitrogens with zero attached hydrogens (tertiary/aromatic N) is 3. The van der Waals surface area contributed by atoms with Crippen molar-refractivity contribution in [3.05, 3.63) is 77.3 Å². The van der Waals surface area contributed by atoms with E-state index >= 15 is 0 Å². The number of phenols is 1. The minimum atomic E-state index is -0.128. The third kappa shape index (κ3) is 5.12.